The molecule has 0 aliphatic heterocycles. The highest BCUT2D eigenvalue weighted by molar-refractivity contribution is 9.10. The van der Waals surface area contributed by atoms with E-state index in [0.29, 0.717) is 74.9 Å². The fraction of sp³-hybridized carbons (Fsp3) is 0.267. The van der Waals surface area contributed by atoms with Gasteiger partial charge in [-0.05, 0) is 132 Å². The maximum absolute atomic E-state index is 14.4. The summed E-state index contributed by atoms with van der Waals surface area (Å²) in [6, 6.07) is 22.1. The van der Waals surface area contributed by atoms with Gasteiger partial charge in [0.1, 0.15) is 54.6 Å². The lowest BCUT2D eigenvalue weighted by Crippen LogP contribution is -2.22. The number of hydrogen-bond donors (Lipinski definition) is 0. The molecule has 0 N–H and O–H groups in total. The first-order chi connectivity index (χ1) is 45.1. The fourth-order valence-electron chi connectivity index (χ4n) is 8.89. The Hall–Kier alpha value is -10.6. The predicted molar refractivity (Wildman–Crippen MR) is 337 cm³/mol. The highest BCUT2D eigenvalue weighted by Crippen LogP contribution is 2.30. The minimum Gasteiger partial charge on any atom is -0.488 e. The predicted octanol–water partition coefficient (Wildman–Crippen LogP) is 6.32. The molecule has 31 heteroatoms. The van der Waals surface area contributed by atoms with E-state index in [1.807, 2.05) is 57.1 Å². The summed E-state index contributed by atoms with van der Waals surface area (Å²) in [6.45, 7) is 8.08. The molecule has 12 aromatic rings. The van der Waals surface area contributed by atoms with E-state index in [-0.39, 0.29) is 54.7 Å². The Morgan fingerprint density at radius 1 is 0.429 bits per heavy atom. The quantitative estimate of drug-likeness (QED) is 0.102. The van der Waals surface area contributed by atoms with Crippen molar-refractivity contribution in [3.63, 3.8) is 0 Å². The number of halogens is 3. The maximum atomic E-state index is 14.4. The molecular weight excluding hydrogens is 1260 g/mol. The molecule has 91 heavy (non-hydrogen) atoms. The van der Waals surface area contributed by atoms with Gasteiger partial charge in [0.05, 0.1) is 44.0 Å². The van der Waals surface area contributed by atoms with Crippen LogP contribution in [0.2, 0.25) is 5.15 Å². The molecule has 0 saturated carbocycles. The van der Waals surface area contributed by atoms with Crippen LogP contribution in [-0.2, 0) is 82.8 Å². The molecule has 0 amide bonds. The number of nitrogens with zero attached hydrogens (tertiary/aromatic N) is 20. The molecule has 8 aromatic heterocycles. The van der Waals surface area contributed by atoms with Crippen molar-refractivity contribution in [2.24, 2.45) is 56.4 Å². The van der Waals surface area contributed by atoms with Crippen LogP contribution in [0.4, 0.5) is 4.39 Å². The standard InChI is InChI=1S/C15H16BrN5O2.C15H16ClN5O2.C15H16FN5O2.C15H17N5O2/c3*1-10-6-4-5-7-13(10)23-9-11-12(8-19(2)14(11)16)21-15(22)20(3)17-18-21;1-11-6-4-5-7-14(11)22-10-12-8-18(2)9-13(12)20-15(21)19(3)16-17-20/h3*4-8H,9H2,1-3H3;4-9H,10H2,1-3H3/i4*4T. The zero-order valence-corrected chi connectivity index (χ0v) is 53.8. The smallest absolute Gasteiger partial charge is 0.368 e. The van der Waals surface area contributed by atoms with Gasteiger partial charge in [-0.3, -0.25) is 0 Å². The van der Waals surface area contributed by atoms with E-state index in [9.17, 15) is 23.6 Å². The second-order valence-corrected chi connectivity index (χ2v) is 21.7. The lowest BCUT2D eigenvalue weighted by atomic mass is 10.2. The van der Waals surface area contributed by atoms with Gasteiger partial charge in [-0.1, -0.05) is 84.3 Å². The third kappa shape index (κ3) is 14.4. The van der Waals surface area contributed by atoms with Gasteiger partial charge in [0.15, 0.2) is 0 Å². The molecule has 0 atom stereocenters. The average molecular weight is 1340 g/mol. The lowest BCUT2D eigenvalue weighted by Gasteiger charge is -2.09. The van der Waals surface area contributed by atoms with E-state index in [4.69, 9.17) is 36.0 Å². The Balaban J connectivity index is 0.000000149. The van der Waals surface area contributed by atoms with E-state index < -0.39 is 11.6 Å². The number of rotatable bonds is 16. The van der Waals surface area contributed by atoms with Crippen molar-refractivity contribution in [2.45, 2.75) is 54.1 Å². The van der Waals surface area contributed by atoms with Crippen LogP contribution in [0, 0.1) is 33.6 Å². The maximum Gasteiger partial charge on any atom is 0.368 e. The zero-order chi connectivity index (χ0) is 68.9. The van der Waals surface area contributed by atoms with Crippen LogP contribution in [0.1, 0.15) is 50.0 Å². The number of benzene rings is 4. The fourth-order valence-corrected chi connectivity index (χ4v) is 9.52. The molecule has 12 rings (SSSR count). The molecule has 0 spiro atoms. The number of hydrogen-bond acceptors (Lipinski definition) is 16. The largest absolute Gasteiger partial charge is 0.488 e. The molecule has 0 unspecified atom stereocenters. The summed E-state index contributed by atoms with van der Waals surface area (Å²) >= 11 is 9.85. The Labute approximate surface area is 537 Å². The minimum atomic E-state index is -0.516. The summed E-state index contributed by atoms with van der Waals surface area (Å²) in [5, 5.41) is 30.6. The van der Waals surface area contributed by atoms with Crippen LogP contribution in [0.15, 0.2) is 152 Å². The van der Waals surface area contributed by atoms with E-state index in [1.165, 1.54) is 55.3 Å². The molecule has 0 aliphatic rings. The van der Waals surface area contributed by atoms with Gasteiger partial charge >= 0.3 is 22.8 Å². The summed E-state index contributed by atoms with van der Waals surface area (Å²) in [5.74, 6) is 2.09. The van der Waals surface area contributed by atoms with E-state index in [1.54, 1.807) is 117 Å². The molecule has 474 valence electrons. The first-order valence-electron chi connectivity index (χ1n) is 29.5. The van der Waals surface area contributed by atoms with Crippen molar-refractivity contribution in [1.82, 2.24) is 97.4 Å². The normalized spacial score (nSPS) is 11.5. The summed E-state index contributed by atoms with van der Waals surface area (Å²) in [4.78, 5) is 48.3. The van der Waals surface area contributed by atoms with Gasteiger partial charge in [0.2, 0.25) is 5.95 Å². The monoisotopic (exact) mass is 1330 g/mol. The number of aromatic nitrogens is 20. The Bertz CT molecular complexity index is 4660. The van der Waals surface area contributed by atoms with Crippen LogP contribution in [0.25, 0.3) is 22.7 Å². The highest BCUT2D eigenvalue weighted by Gasteiger charge is 2.23. The number of para-hydroxylation sites is 4. The van der Waals surface area contributed by atoms with Crippen LogP contribution in [0.3, 0.4) is 0 Å². The van der Waals surface area contributed by atoms with Crippen molar-refractivity contribution >= 4 is 27.5 Å². The number of aryl methyl sites for hydroxylation is 12. The summed E-state index contributed by atoms with van der Waals surface area (Å²) < 4.78 is 84.7. The summed E-state index contributed by atoms with van der Waals surface area (Å²) in [7, 11) is 13.1. The first kappa shape index (κ1) is 59.3. The van der Waals surface area contributed by atoms with Gasteiger partial charge in [-0.2, -0.15) is 41.8 Å². The number of tetrazole rings is 4. The molecule has 4 aromatic carbocycles. The van der Waals surface area contributed by atoms with E-state index >= 15 is 0 Å². The van der Waals surface area contributed by atoms with Crippen LogP contribution in [-0.4, -0.2) is 97.4 Å². The van der Waals surface area contributed by atoms with Crippen LogP contribution >= 0.6 is 27.5 Å². The summed E-state index contributed by atoms with van der Waals surface area (Å²) in [5.41, 5.74) is 6.42. The van der Waals surface area contributed by atoms with Crippen molar-refractivity contribution < 1.29 is 28.8 Å². The van der Waals surface area contributed by atoms with Gasteiger partial charge in [-0.25, -0.2) is 19.2 Å². The molecule has 0 fully saturated rings. The van der Waals surface area contributed by atoms with Crippen LogP contribution in [0.5, 0.6) is 23.0 Å². The average Bonchev–Trinajstić information content (AvgIpc) is 1.67. The van der Waals surface area contributed by atoms with Crippen molar-refractivity contribution in [3.8, 4) is 45.7 Å². The number of ether oxygens (including phenoxy) is 4. The molecule has 0 aliphatic carbocycles. The highest BCUT2D eigenvalue weighted by atomic mass is 79.9. The lowest BCUT2D eigenvalue weighted by molar-refractivity contribution is 0.295. The van der Waals surface area contributed by atoms with Gasteiger partial charge in [0, 0.05) is 98.5 Å². The topological polar surface area (TPSA) is 267 Å². The van der Waals surface area contributed by atoms with Crippen LogP contribution < -0.4 is 41.7 Å². The molecule has 0 bridgehead atoms. The molecule has 0 radical (unpaired) electrons. The van der Waals surface area contributed by atoms with E-state index in [2.05, 4.69) is 57.6 Å². The third-order valence-corrected chi connectivity index (χ3v) is 15.5. The molecule has 0 saturated heterocycles. The SMILES string of the molecule is [3H]c1ccc(OCc2c(-n3nnn(C)c3=O)cn(C)c2Br)c(C)c1.[3H]c1ccc(OCc2c(-n3nnn(C)c3=O)cn(C)c2Cl)c(C)c1.[3H]c1ccc(OCc2c(-n3nnn(C)c3=O)cn(C)c2F)c(C)c1.[3H]c1ccc(OCc2cn(C)cc2-n2nnn(C)c2=O)c(C)c1. The Kier molecular flexibility index (Phi) is 18.4. The first-order valence-corrected chi connectivity index (χ1v) is 28.7. The van der Waals surface area contributed by atoms with Crippen molar-refractivity contribution in [3.05, 3.63) is 230 Å². The second-order valence-electron chi connectivity index (χ2n) is 20.6. The van der Waals surface area contributed by atoms with Crippen molar-refractivity contribution in [1.29, 1.82) is 0 Å². The van der Waals surface area contributed by atoms with E-state index in [0.717, 1.165) is 52.0 Å². The Morgan fingerprint density at radius 2 is 0.758 bits per heavy atom. The zero-order valence-electron chi connectivity index (χ0n) is 55.5. The Morgan fingerprint density at radius 3 is 1.14 bits per heavy atom. The minimum absolute atomic E-state index is 0.0802. The molecular formula is C60H65BrClFN20O8. The van der Waals surface area contributed by atoms with Crippen molar-refractivity contribution in [2.75, 3.05) is 0 Å². The second kappa shape index (κ2) is 28.3. The molecule has 28 nitrogen and oxygen atoms in total. The van der Waals surface area contributed by atoms with Gasteiger partial charge < -0.3 is 37.2 Å². The van der Waals surface area contributed by atoms with Gasteiger partial charge in [-0.15, -0.1) is 0 Å². The summed E-state index contributed by atoms with van der Waals surface area (Å²) in [6.07, 6.45) is 8.64. The van der Waals surface area contributed by atoms with Gasteiger partial charge in [0.25, 0.3) is 0 Å². The molecule has 8 heterocycles. The third-order valence-electron chi connectivity index (χ3n) is 13.9.